The van der Waals surface area contributed by atoms with Gasteiger partial charge in [-0.1, -0.05) is 22.6 Å². The van der Waals surface area contributed by atoms with E-state index in [0.29, 0.717) is 47.6 Å². The standard InChI is InChI=1S/C24H22F3N3O4S/c1-14-10-17(21-29-22(34-30-21)24(25,26)27)11-15(2)20(14)32-9-5-8-31-18-6-4-7-19(12-18)33-23-28-13-16(3)35-23/h4,6-7,10-13H,5,8-9H2,1-3H3. The SMILES string of the molecule is Cc1cnc(Oc2cccc(OCCCOc3c(C)cc(-c4noc(C(F)(F)F)n4)cc3C)c2)s1. The molecule has 0 atom stereocenters. The van der Waals surface area contributed by atoms with Gasteiger partial charge in [0.25, 0.3) is 5.19 Å². The van der Waals surface area contributed by atoms with E-state index < -0.39 is 12.1 Å². The fourth-order valence-corrected chi connectivity index (χ4v) is 3.92. The van der Waals surface area contributed by atoms with Crippen LogP contribution in [0.5, 0.6) is 22.4 Å². The molecular weight excluding hydrogens is 483 g/mol. The number of thiazole rings is 1. The van der Waals surface area contributed by atoms with E-state index in [1.54, 1.807) is 24.4 Å². The number of hydrogen-bond donors (Lipinski definition) is 0. The van der Waals surface area contributed by atoms with Crippen molar-refractivity contribution < 1.29 is 31.9 Å². The van der Waals surface area contributed by atoms with Crippen molar-refractivity contribution >= 4 is 11.3 Å². The molecule has 11 heteroatoms. The minimum Gasteiger partial charge on any atom is -0.493 e. The van der Waals surface area contributed by atoms with Crippen LogP contribution in [0.15, 0.2) is 47.1 Å². The lowest BCUT2D eigenvalue weighted by Gasteiger charge is -2.14. The molecule has 0 radical (unpaired) electrons. The Balaban J connectivity index is 1.29. The summed E-state index contributed by atoms with van der Waals surface area (Å²) in [6, 6.07) is 10.7. The van der Waals surface area contributed by atoms with E-state index in [0.717, 1.165) is 16.0 Å². The lowest BCUT2D eigenvalue weighted by atomic mass is 10.1. The Hall–Kier alpha value is -3.60. The van der Waals surface area contributed by atoms with Crippen LogP contribution in [0.25, 0.3) is 11.4 Å². The molecule has 0 saturated carbocycles. The summed E-state index contributed by atoms with van der Waals surface area (Å²) >= 11 is 1.47. The van der Waals surface area contributed by atoms with Gasteiger partial charge in [0.05, 0.1) is 13.2 Å². The monoisotopic (exact) mass is 505 g/mol. The molecule has 4 rings (SSSR count). The highest BCUT2D eigenvalue weighted by Crippen LogP contribution is 2.33. The number of aromatic nitrogens is 3. The molecule has 0 aliphatic heterocycles. The second-order valence-corrected chi connectivity index (χ2v) is 8.92. The topological polar surface area (TPSA) is 79.5 Å². The van der Waals surface area contributed by atoms with Gasteiger partial charge in [0.15, 0.2) is 0 Å². The van der Waals surface area contributed by atoms with E-state index in [4.69, 9.17) is 14.2 Å². The van der Waals surface area contributed by atoms with Gasteiger partial charge in [0, 0.05) is 29.1 Å². The first-order valence-corrected chi connectivity index (χ1v) is 11.5. The van der Waals surface area contributed by atoms with Crippen molar-refractivity contribution in [2.75, 3.05) is 13.2 Å². The fraction of sp³-hybridized carbons (Fsp3) is 0.292. The van der Waals surface area contributed by atoms with Crippen molar-refractivity contribution in [3.05, 3.63) is 64.5 Å². The maximum atomic E-state index is 12.7. The van der Waals surface area contributed by atoms with Gasteiger partial charge in [-0.25, -0.2) is 4.98 Å². The number of halogens is 3. The molecule has 4 aromatic rings. The van der Waals surface area contributed by atoms with Crippen LogP contribution in [0.3, 0.4) is 0 Å². The van der Waals surface area contributed by atoms with Crippen molar-refractivity contribution in [2.24, 2.45) is 0 Å². The quantitative estimate of drug-likeness (QED) is 0.232. The zero-order valence-corrected chi connectivity index (χ0v) is 20.0. The van der Waals surface area contributed by atoms with Crippen molar-refractivity contribution in [3.8, 4) is 33.8 Å². The molecule has 7 nitrogen and oxygen atoms in total. The molecule has 0 spiro atoms. The number of aryl methyl sites for hydroxylation is 3. The summed E-state index contributed by atoms with van der Waals surface area (Å²) in [5.41, 5.74) is 1.92. The highest BCUT2D eigenvalue weighted by molar-refractivity contribution is 7.13. The summed E-state index contributed by atoms with van der Waals surface area (Å²) in [6.07, 6.45) is -2.31. The van der Waals surface area contributed by atoms with Crippen LogP contribution in [-0.4, -0.2) is 28.3 Å². The minimum atomic E-state index is -4.69. The van der Waals surface area contributed by atoms with Crippen LogP contribution < -0.4 is 14.2 Å². The van der Waals surface area contributed by atoms with E-state index in [-0.39, 0.29) is 5.82 Å². The van der Waals surface area contributed by atoms with Crippen LogP contribution in [0.4, 0.5) is 13.2 Å². The Morgan fingerprint density at radius 2 is 1.69 bits per heavy atom. The van der Waals surface area contributed by atoms with Crippen LogP contribution in [0.2, 0.25) is 0 Å². The maximum Gasteiger partial charge on any atom is 0.471 e. The van der Waals surface area contributed by atoms with Gasteiger partial charge in [0.1, 0.15) is 17.2 Å². The molecule has 0 amide bonds. The zero-order chi connectivity index (χ0) is 25.0. The number of benzene rings is 2. The zero-order valence-electron chi connectivity index (χ0n) is 19.2. The largest absolute Gasteiger partial charge is 0.493 e. The third kappa shape index (κ3) is 6.30. The molecule has 35 heavy (non-hydrogen) atoms. The maximum absolute atomic E-state index is 12.7. The van der Waals surface area contributed by atoms with Crippen molar-refractivity contribution in [1.29, 1.82) is 0 Å². The van der Waals surface area contributed by atoms with Crippen LogP contribution >= 0.6 is 11.3 Å². The average molecular weight is 506 g/mol. The highest BCUT2D eigenvalue weighted by Gasteiger charge is 2.38. The first kappa shape index (κ1) is 24.5. The summed E-state index contributed by atoms with van der Waals surface area (Å²) in [5, 5.41) is 4.01. The van der Waals surface area contributed by atoms with E-state index in [2.05, 4.69) is 19.6 Å². The molecule has 0 unspecified atom stereocenters. The second kappa shape index (κ2) is 10.3. The second-order valence-electron chi connectivity index (χ2n) is 7.72. The van der Waals surface area contributed by atoms with Crippen molar-refractivity contribution in [3.63, 3.8) is 0 Å². The Labute approximate surface area is 203 Å². The van der Waals surface area contributed by atoms with Gasteiger partial charge in [-0.2, -0.15) is 18.2 Å². The predicted octanol–water partition coefficient (Wildman–Crippen LogP) is 6.78. The molecule has 0 fully saturated rings. The van der Waals surface area contributed by atoms with Gasteiger partial charge in [-0.3, -0.25) is 0 Å². The van der Waals surface area contributed by atoms with E-state index in [1.807, 2.05) is 39.0 Å². The Morgan fingerprint density at radius 1 is 0.971 bits per heavy atom. The number of hydrogen-bond acceptors (Lipinski definition) is 8. The smallest absolute Gasteiger partial charge is 0.471 e. The lowest BCUT2D eigenvalue weighted by molar-refractivity contribution is -0.159. The van der Waals surface area contributed by atoms with Gasteiger partial charge < -0.3 is 18.7 Å². The van der Waals surface area contributed by atoms with Gasteiger partial charge in [-0.05, 0) is 56.2 Å². The molecule has 184 valence electrons. The fourth-order valence-electron chi connectivity index (χ4n) is 3.30. The van der Waals surface area contributed by atoms with Gasteiger partial charge >= 0.3 is 12.1 Å². The number of alkyl halides is 3. The summed E-state index contributed by atoms with van der Waals surface area (Å²) < 4.78 is 59.9. The minimum absolute atomic E-state index is 0.125. The molecule has 0 N–H and O–H groups in total. The molecular formula is C24H22F3N3O4S. The summed E-state index contributed by atoms with van der Waals surface area (Å²) in [7, 11) is 0. The summed E-state index contributed by atoms with van der Waals surface area (Å²) in [6.45, 7) is 6.41. The number of nitrogens with zero attached hydrogens (tertiary/aromatic N) is 3. The number of rotatable bonds is 9. The van der Waals surface area contributed by atoms with Crippen molar-refractivity contribution in [1.82, 2.24) is 15.1 Å². The Morgan fingerprint density at radius 3 is 2.34 bits per heavy atom. The average Bonchev–Trinajstić information content (AvgIpc) is 3.45. The molecule has 0 bridgehead atoms. The summed E-state index contributed by atoms with van der Waals surface area (Å²) in [5.74, 6) is 0.467. The normalized spacial score (nSPS) is 11.5. The van der Waals surface area contributed by atoms with Crippen LogP contribution in [0, 0.1) is 20.8 Å². The Kier molecular flexibility index (Phi) is 7.25. The molecule has 0 aliphatic rings. The van der Waals surface area contributed by atoms with Crippen LogP contribution in [-0.2, 0) is 6.18 Å². The molecule has 2 aromatic carbocycles. The predicted molar refractivity (Wildman–Crippen MR) is 123 cm³/mol. The van der Waals surface area contributed by atoms with Gasteiger partial charge in [0.2, 0.25) is 5.82 Å². The summed E-state index contributed by atoms with van der Waals surface area (Å²) in [4.78, 5) is 8.69. The van der Waals surface area contributed by atoms with Gasteiger partial charge in [-0.15, -0.1) is 0 Å². The van der Waals surface area contributed by atoms with E-state index in [9.17, 15) is 13.2 Å². The molecule has 0 aliphatic carbocycles. The highest BCUT2D eigenvalue weighted by atomic mass is 32.1. The van der Waals surface area contributed by atoms with Crippen molar-refractivity contribution in [2.45, 2.75) is 33.4 Å². The Bertz CT molecular complexity index is 1280. The lowest BCUT2D eigenvalue weighted by Crippen LogP contribution is -2.07. The molecule has 2 aromatic heterocycles. The molecule has 0 saturated heterocycles. The van der Waals surface area contributed by atoms with E-state index in [1.165, 1.54) is 11.3 Å². The third-order valence-electron chi connectivity index (χ3n) is 4.80. The first-order chi connectivity index (χ1) is 16.7. The molecule has 2 heterocycles. The van der Waals surface area contributed by atoms with E-state index >= 15 is 0 Å². The number of ether oxygens (including phenoxy) is 3. The van der Waals surface area contributed by atoms with Crippen LogP contribution in [0.1, 0.15) is 28.3 Å². The third-order valence-corrected chi connectivity index (χ3v) is 5.59. The first-order valence-electron chi connectivity index (χ1n) is 10.7.